The summed E-state index contributed by atoms with van der Waals surface area (Å²) < 4.78 is 18.0. The maximum Gasteiger partial charge on any atom is 0.239 e. The van der Waals surface area contributed by atoms with Crippen LogP contribution in [0.2, 0.25) is 0 Å². The molecule has 0 saturated heterocycles. The zero-order valence-corrected chi connectivity index (χ0v) is 8.22. The molecule has 0 fully saturated rings. The first-order chi connectivity index (χ1) is 7.78. The second-order valence-corrected chi connectivity index (χ2v) is 2.94. The van der Waals surface area contributed by atoms with Gasteiger partial charge < -0.3 is 10.2 Å². The maximum absolute atomic E-state index is 12.6. The minimum Gasteiger partial charge on any atom is -0.437 e. The van der Waals surface area contributed by atoms with Gasteiger partial charge >= 0.3 is 0 Å². The van der Waals surface area contributed by atoms with Gasteiger partial charge in [-0.25, -0.2) is 10.2 Å². The Labute approximate surface area is 91.1 Å². The first-order valence-corrected chi connectivity index (χ1v) is 4.50. The summed E-state index contributed by atoms with van der Waals surface area (Å²) in [6.45, 7) is 0. The van der Waals surface area contributed by atoms with Gasteiger partial charge in [-0.3, -0.25) is 4.98 Å². The Morgan fingerprint density at radius 1 is 1.19 bits per heavy atom. The minimum absolute atomic E-state index is 0.280. The molecule has 0 saturated carbocycles. The Bertz CT molecular complexity index is 475. The third kappa shape index (κ3) is 2.43. The van der Waals surface area contributed by atoms with E-state index < -0.39 is 0 Å². The van der Waals surface area contributed by atoms with Crippen molar-refractivity contribution in [3.05, 3.63) is 42.5 Å². The smallest absolute Gasteiger partial charge is 0.239 e. The molecular formula is C10H9FN4O. The molecule has 5 nitrogen and oxygen atoms in total. The number of anilines is 1. The molecule has 2 rings (SSSR count). The molecule has 0 spiro atoms. The Balaban J connectivity index is 2.16. The van der Waals surface area contributed by atoms with Crippen LogP contribution >= 0.6 is 0 Å². The van der Waals surface area contributed by atoms with Crippen molar-refractivity contribution in [2.75, 3.05) is 5.43 Å². The monoisotopic (exact) mass is 220 g/mol. The van der Waals surface area contributed by atoms with E-state index in [1.165, 1.54) is 36.7 Å². The second-order valence-electron chi connectivity index (χ2n) is 2.94. The summed E-state index contributed by atoms with van der Waals surface area (Å²) in [5.74, 6) is 6.00. The quantitative estimate of drug-likeness (QED) is 0.608. The van der Waals surface area contributed by atoms with Crippen LogP contribution in [0.1, 0.15) is 0 Å². The van der Waals surface area contributed by atoms with Crippen molar-refractivity contribution in [2.45, 2.75) is 0 Å². The lowest BCUT2D eigenvalue weighted by atomic mass is 10.3. The summed E-state index contributed by atoms with van der Waals surface area (Å²) >= 11 is 0. The lowest BCUT2D eigenvalue weighted by Gasteiger charge is -2.05. The first-order valence-electron chi connectivity index (χ1n) is 4.50. The van der Waals surface area contributed by atoms with Gasteiger partial charge in [0.2, 0.25) is 5.88 Å². The predicted molar refractivity (Wildman–Crippen MR) is 56.3 cm³/mol. The number of nitrogens with two attached hydrogens (primary N) is 1. The normalized spacial score (nSPS) is 9.88. The number of aromatic nitrogens is 2. The second kappa shape index (κ2) is 4.54. The average Bonchev–Trinajstić information content (AvgIpc) is 2.32. The van der Waals surface area contributed by atoms with Gasteiger partial charge in [0.05, 0.1) is 12.4 Å². The van der Waals surface area contributed by atoms with E-state index in [4.69, 9.17) is 10.6 Å². The van der Waals surface area contributed by atoms with Crippen LogP contribution in [0.3, 0.4) is 0 Å². The molecule has 0 atom stereocenters. The molecule has 1 heterocycles. The fourth-order valence-electron chi connectivity index (χ4n) is 1.09. The summed E-state index contributed by atoms with van der Waals surface area (Å²) in [5, 5.41) is 0. The number of nitrogens with zero attached hydrogens (tertiary/aromatic N) is 2. The van der Waals surface area contributed by atoms with Crippen molar-refractivity contribution < 1.29 is 9.13 Å². The lowest BCUT2D eigenvalue weighted by molar-refractivity contribution is 0.459. The summed E-state index contributed by atoms with van der Waals surface area (Å²) in [5.41, 5.74) is 2.35. The van der Waals surface area contributed by atoms with Crippen LogP contribution in [-0.2, 0) is 0 Å². The van der Waals surface area contributed by atoms with Crippen molar-refractivity contribution in [2.24, 2.45) is 5.84 Å². The van der Waals surface area contributed by atoms with Crippen LogP contribution in [-0.4, -0.2) is 9.97 Å². The minimum atomic E-state index is -0.323. The molecule has 82 valence electrons. The third-order valence-corrected chi connectivity index (χ3v) is 1.80. The van der Waals surface area contributed by atoms with E-state index in [9.17, 15) is 4.39 Å². The Morgan fingerprint density at radius 3 is 2.62 bits per heavy atom. The average molecular weight is 220 g/mol. The van der Waals surface area contributed by atoms with E-state index in [1.54, 1.807) is 0 Å². The van der Waals surface area contributed by atoms with Crippen LogP contribution in [0.4, 0.5) is 10.2 Å². The maximum atomic E-state index is 12.6. The molecule has 1 aromatic carbocycles. The van der Waals surface area contributed by atoms with Crippen molar-refractivity contribution in [3.8, 4) is 11.6 Å². The van der Waals surface area contributed by atoms with Crippen LogP contribution in [0.5, 0.6) is 11.6 Å². The highest BCUT2D eigenvalue weighted by molar-refractivity contribution is 5.33. The molecule has 16 heavy (non-hydrogen) atoms. The summed E-state index contributed by atoms with van der Waals surface area (Å²) in [6, 6.07) is 5.60. The molecule has 0 bridgehead atoms. The number of halogens is 1. The van der Waals surface area contributed by atoms with Gasteiger partial charge in [-0.05, 0) is 24.3 Å². The van der Waals surface area contributed by atoms with Gasteiger partial charge in [0.25, 0.3) is 0 Å². The number of rotatable bonds is 3. The molecule has 6 heteroatoms. The number of nitrogens with one attached hydrogen (secondary N) is 1. The molecule has 2 aromatic rings. The molecular weight excluding hydrogens is 211 g/mol. The van der Waals surface area contributed by atoms with E-state index in [1.807, 2.05) is 0 Å². The molecule has 0 unspecified atom stereocenters. The van der Waals surface area contributed by atoms with Gasteiger partial charge in [0.1, 0.15) is 11.6 Å². The zero-order chi connectivity index (χ0) is 11.4. The molecule has 0 aliphatic heterocycles. The fourth-order valence-corrected chi connectivity index (χ4v) is 1.09. The van der Waals surface area contributed by atoms with Gasteiger partial charge in [-0.2, -0.15) is 4.98 Å². The molecule has 0 radical (unpaired) electrons. The fraction of sp³-hybridized carbons (Fsp3) is 0. The zero-order valence-electron chi connectivity index (χ0n) is 8.22. The highest BCUT2D eigenvalue weighted by atomic mass is 19.1. The van der Waals surface area contributed by atoms with Crippen molar-refractivity contribution >= 4 is 5.82 Å². The van der Waals surface area contributed by atoms with Gasteiger partial charge in [-0.1, -0.05) is 0 Å². The highest BCUT2D eigenvalue weighted by Gasteiger charge is 2.00. The number of nitrogen functional groups attached to an aromatic ring is 1. The van der Waals surface area contributed by atoms with Crippen molar-refractivity contribution in [3.63, 3.8) is 0 Å². The molecule has 0 amide bonds. The van der Waals surface area contributed by atoms with Gasteiger partial charge in [-0.15, -0.1) is 0 Å². The number of benzene rings is 1. The summed E-state index contributed by atoms with van der Waals surface area (Å²) in [4.78, 5) is 7.86. The summed E-state index contributed by atoms with van der Waals surface area (Å²) in [6.07, 6.45) is 2.89. The number of hydrogen-bond donors (Lipinski definition) is 2. The third-order valence-electron chi connectivity index (χ3n) is 1.80. The molecule has 0 aliphatic rings. The van der Waals surface area contributed by atoms with Crippen LogP contribution in [0.15, 0.2) is 36.7 Å². The number of hydrogen-bond acceptors (Lipinski definition) is 5. The van der Waals surface area contributed by atoms with Crippen LogP contribution < -0.4 is 16.0 Å². The van der Waals surface area contributed by atoms with E-state index in [2.05, 4.69) is 15.4 Å². The first kappa shape index (κ1) is 10.3. The SMILES string of the molecule is NNc1cncc(Oc2ccc(F)cc2)n1. The molecule has 3 N–H and O–H groups in total. The topological polar surface area (TPSA) is 73.1 Å². The highest BCUT2D eigenvalue weighted by Crippen LogP contribution is 2.19. The predicted octanol–water partition coefficient (Wildman–Crippen LogP) is 1.69. The van der Waals surface area contributed by atoms with E-state index in [-0.39, 0.29) is 11.7 Å². The van der Waals surface area contributed by atoms with E-state index >= 15 is 0 Å². The largest absolute Gasteiger partial charge is 0.437 e. The van der Waals surface area contributed by atoms with Crippen molar-refractivity contribution in [1.82, 2.24) is 9.97 Å². The van der Waals surface area contributed by atoms with Crippen LogP contribution in [0.25, 0.3) is 0 Å². The number of ether oxygens (including phenoxy) is 1. The van der Waals surface area contributed by atoms with Gasteiger partial charge in [0.15, 0.2) is 5.82 Å². The standard InChI is InChI=1S/C10H9FN4O/c11-7-1-3-8(4-2-7)16-10-6-13-5-9(14-10)15-12/h1-6H,12H2,(H,14,15). The van der Waals surface area contributed by atoms with Crippen molar-refractivity contribution in [1.29, 1.82) is 0 Å². The lowest BCUT2D eigenvalue weighted by Crippen LogP contribution is -2.08. The number of hydrazine groups is 1. The molecule has 1 aromatic heterocycles. The Kier molecular flexibility index (Phi) is 2.93. The van der Waals surface area contributed by atoms with Gasteiger partial charge in [0, 0.05) is 0 Å². The van der Waals surface area contributed by atoms with Crippen LogP contribution in [0, 0.1) is 5.82 Å². The van der Waals surface area contributed by atoms with E-state index in [0.717, 1.165) is 0 Å². The molecule has 0 aliphatic carbocycles. The summed E-state index contributed by atoms with van der Waals surface area (Å²) in [7, 11) is 0. The Hall–Kier alpha value is -2.21. The Morgan fingerprint density at radius 2 is 1.94 bits per heavy atom. The van der Waals surface area contributed by atoms with E-state index in [0.29, 0.717) is 11.6 Å².